The van der Waals surface area contributed by atoms with Gasteiger partial charge in [0.2, 0.25) is 0 Å². The van der Waals surface area contributed by atoms with E-state index >= 15 is 0 Å². The maximum atomic E-state index is 12.6. The minimum Gasteiger partial charge on any atom is -0.383 e. The Kier molecular flexibility index (Phi) is 4.18. The van der Waals surface area contributed by atoms with Gasteiger partial charge in [0, 0.05) is 18.8 Å². The van der Waals surface area contributed by atoms with E-state index in [-0.39, 0.29) is 11.7 Å². The molecule has 1 aromatic rings. The van der Waals surface area contributed by atoms with Crippen molar-refractivity contribution in [2.24, 2.45) is 0 Å². The van der Waals surface area contributed by atoms with Gasteiger partial charge in [0.15, 0.2) is 0 Å². The first kappa shape index (κ1) is 12.8. The second-order valence-corrected chi connectivity index (χ2v) is 3.54. The lowest BCUT2D eigenvalue weighted by Crippen LogP contribution is -2.22. The summed E-state index contributed by atoms with van der Waals surface area (Å²) in [4.78, 5) is 0. The molecule has 0 saturated carbocycles. The summed E-state index contributed by atoms with van der Waals surface area (Å²) in [5.41, 5.74) is -0.572. The maximum Gasteiger partial charge on any atom is 0.418 e. The Morgan fingerprint density at radius 2 is 1.94 bits per heavy atom. The molecule has 0 saturated heterocycles. The van der Waals surface area contributed by atoms with Crippen molar-refractivity contribution in [2.75, 3.05) is 19.0 Å². The molecule has 0 amide bonds. The van der Waals surface area contributed by atoms with Gasteiger partial charge in [-0.15, -0.1) is 0 Å². The molecule has 5 heteroatoms. The van der Waals surface area contributed by atoms with Crippen LogP contribution in [0.1, 0.15) is 12.5 Å². The molecule has 0 bridgehead atoms. The Balaban J connectivity index is 2.87. The SMILES string of the molecule is COCC(C)Nc1ccccc1C(F)(F)F. The molecule has 1 aromatic carbocycles. The number of anilines is 1. The molecule has 0 aromatic heterocycles. The highest BCUT2D eigenvalue weighted by atomic mass is 19.4. The van der Waals surface area contributed by atoms with Crippen molar-refractivity contribution in [3.05, 3.63) is 29.8 Å². The predicted molar refractivity (Wildman–Crippen MR) is 56.4 cm³/mol. The van der Waals surface area contributed by atoms with Crippen LogP contribution in [0, 0.1) is 0 Å². The molecule has 90 valence electrons. The van der Waals surface area contributed by atoms with Crippen LogP contribution in [0.25, 0.3) is 0 Å². The van der Waals surface area contributed by atoms with Crippen molar-refractivity contribution in [3.8, 4) is 0 Å². The van der Waals surface area contributed by atoms with Crippen molar-refractivity contribution in [3.63, 3.8) is 0 Å². The number of hydrogen-bond donors (Lipinski definition) is 1. The fourth-order valence-corrected chi connectivity index (χ4v) is 1.41. The highest BCUT2D eigenvalue weighted by Gasteiger charge is 2.33. The number of ether oxygens (including phenoxy) is 1. The minimum atomic E-state index is -4.34. The number of halogens is 3. The number of para-hydroxylation sites is 1. The molecule has 16 heavy (non-hydrogen) atoms. The van der Waals surface area contributed by atoms with E-state index < -0.39 is 11.7 Å². The summed E-state index contributed by atoms with van der Waals surface area (Å²) in [6.45, 7) is 2.11. The van der Waals surface area contributed by atoms with Gasteiger partial charge in [0.25, 0.3) is 0 Å². The predicted octanol–water partition coefficient (Wildman–Crippen LogP) is 3.15. The molecule has 0 aliphatic carbocycles. The van der Waals surface area contributed by atoms with Gasteiger partial charge in [0.05, 0.1) is 12.2 Å². The fourth-order valence-electron chi connectivity index (χ4n) is 1.41. The summed E-state index contributed by atoms with van der Waals surface area (Å²) in [6, 6.07) is 5.23. The van der Waals surface area contributed by atoms with Gasteiger partial charge in [-0.2, -0.15) is 13.2 Å². The molecule has 0 aliphatic heterocycles. The van der Waals surface area contributed by atoms with Crippen molar-refractivity contribution in [1.82, 2.24) is 0 Å². The summed E-state index contributed by atoms with van der Waals surface area (Å²) in [6.07, 6.45) is -4.34. The number of methoxy groups -OCH3 is 1. The van der Waals surface area contributed by atoms with Crippen LogP contribution in [0.2, 0.25) is 0 Å². The highest BCUT2D eigenvalue weighted by molar-refractivity contribution is 5.53. The second-order valence-electron chi connectivity index (χ2n) is 3.54. The van der Waals surface area contributed by atoms with Crippen LogP contribution in [0.15, 0.2) is 24.3 Å². The second kappa shape index (κ2) is 5.21. The molecule has 2 nitrogen and oxygen atoms in total. The molecular weight excluding hydrogens is 219 g/mol. The number of nitrogens with one attached hydrogen (secondary N) is 1. The molecule has 0 radical (unpaired) electrons. The fraction of sp³-hybridized carbons (Fsp3) is 0.455. The third-order valence-electron chi connectivity index (χ3n) is 2.05. The van der Waals surface area contributed by atoms with Crippen LogP contribution in [-0.2, 0) is 10.9 Å². The molecular formula is C11H14F3NO. The highest BCUT2D eigenvalue weighted by Crippen LogP contribution is 2.34. The smallest absolute Gasteiger partial charge is 0.383 e. The van der Waals surface area contributed by atoms with Crippen LogP contribution in [0.5, 0.6) is 0 Å². The van der Waals surface area contributed by atoms with Gasteiger partial charge in [-0.05, 0) is 19.1 Å². The van der Waals surface area contributed by atoms with Crippen molar-refractivity contribution >= 4 is 5.69 Å². The van der Waals surface area contributed by atoms with Gasteiger partial charge in [-0.1, -0.05) is 12.1 Å². The monoisotopic (exact) mass is 233 g/mol. The maximum absolute atomic E-state index is 12.6. The molecule has 1 N–H and O–H groups in total. The standard InChI is InChI=1S/C11H14F3NO/c1-8(7-16-2)15-10-6-4-3-5-9(10)11(12,13)14/h3-6,8,15H,7H2,1-2H3. The average Bonchev–Trinajstić information content (AvgIpc) is 2.17. The van der Waals surface area contributed by atoms with Gasteiger partial charge in [-0.25, -0.2) is 0 Å². The van der Waals surface area contributed by atoms with Crippen molar-refractivity contribution < 1.29 is 17.9 Å². The van der Waals surface area contributed by atoms with Gasteiger partial charge < -0.3 is 10.1 Å². The zero-order valence-corrected chi connectivity index (χ0v) is 9.14. The zero-order chi connectivity index (χ0) is 12.2. The Morgan fingerprint density at radius 3 is 2.50 bits per heavy atom. The van der Waals surface area contributed by atoms with Crippen LogP contribution in [-0.4, -0.2) is 19.8 Å². The van der Waals surface area contributed by atoms with Gasteiger partial charge >= 0.3 is 6.18 Å². The Hall–Kier alpha value is -1.23. The Bertz CT molecular complexity index is 338. The first-order valence-corrected chi connectivity index (χ1v) is 4.87. The van der Waals surface area contributed by atoms with E-state index in [9.17, 15) is 13.2 Å². The van der Waals surface area contributed by atoms with E-state index in [0.717, 1.165) is 6.07 Å². The van der Waals surface area contributed by atoms with Gasteiger partial charge in [0.1, 0.15) is 0 Å². The molecule has 0 aliphatic rings. The minimum absolute atomic E-state index is 0.0829. The van der Waals surface area contributed by atoms with Crippen LogP contribution in [0.3, 0.4) is 0 Å². The number of alkyl halides is 3. The largest absolute Gasteiger partial charge is 0.418 e. The molecule has 1 rings (SSSR count). The summed E-state index contributed by atoms with van der Waals surface area (Å²) >= 11 is 0. The molecule has 0 fully saturated rings. The normalized spacial score (nSPS) is 13.6. The number of benzene rings is 1. The van der Waals surface area contributed by atoms with E-state index in [2.05, 4.69) is 5.32 Å². The summed E-state index contributed by atoms with van der Waals surface area (Å²) in [7, 11) is 1.51. The molecule has 1 unspecified atom stereocenters. The van der Waals surface area contributed by atoms with E-state index in [1.807, 2.05) is 0 Å². The summed E-state index contributed by atoms with van der Waals surface area (Å²) in [5, 5.41) is 2.77. The van der Waals surface area contributed by atoms with Crippen LogP contribution >= 0.6 is 0 Å². The zero-order valence-electron chi connectivity index (χ0n) is 9.14. The number of rotatable bonds is 4. The topological polar surface area (TPSA) is 21.3 Å². The summed E-state index contributed by atoms with van der Waals surface area (Å²) in [5.74, 6) is 0. The quantitative estimate of drug-likeness (QED) is 0.862. The van der Waals surface area contributed by atoms with E-state index in [0.29, 0.717) is 6.61 Å². The molecule has 1 atom stereocenters. The summed E-state index contributed by atoms with van der Waals surface area (Å²) < 4.78 is 42.7. The first-order valence-electron chi connectivity index (χ1n) is 4.87. The third-order valence-corrected chi connectivity index (χ3v) is 2.05. The van der Waals surface area contributed by atoms with Crippen LogP contribution < -0.4 is 5.32 Å². The molecule has 0 heterocycles. The molecule has 0 spiro atoms. The lowest BCUT2D eigenvalue weighted by molar-refractivity contribution is -0.137. The lowest BCUT2D eigenvalue weighted by Gasteiger charge is -2.18. The van der Waals surface area contributed by atoms with Crippen LogP contribution in [0.4, 0.5) is 18.9 Å². The van der Waals surface area contributed by atoms with Crippen molar-refractivity contribution in [2.45, 2.75) is 19.1 Å². The first-order chi connectivity index (χ1) is 7.45. The van der Waals surface area contributed by atoms with Crippen molar-refractivity contribution in [1.29, 1.82) is 0 Å². The lowest BCUT2D eigenvalue weighted by atomic mass is 10.1. The third kappa shape index (κ3) is 3.41. The van der Waals surface area contributed by atoms with E-state index in [1.165, 1.54) is 19.2 Å². The Labute approximate surface area is 92.4 Å². The van der Waals surface area contributed by atoms with E-state index in [1.54, 1.807) is 13.0 Å². The number of hydrogen-bond acceptors (Lipinski definition) is 2. The Morgan fingerprint density at radius 1 is 1.31 bits per heavy atom. The van der Waals surface area contributed by atoms with E-state index in [4.69, 9.17) is 4.74 Å². The van der Waals surface area contributed by atoms with Gasteiger partial charge in [-0.3, -0.25) is 0 Å². The average molecular weight is 233 g/mol.